The van der Waals surface area contributed by atoms with Gasteiger partial charge in [-0.1, -0.05) is 19.1 Å². The molecule has 3 N–H and O–H groups in total. The fourth-order valence-electron chi connectivity index (χ4n) is 1.74. The molecular formula is C13H18N2O2. The van der Waals surface area contributed by atoms with Gasteiger partial charge in [0.25, 0.3) is 0 Å². The number of aliphatic hydroxyl groups is 1. The van der Waals surface area contributed by atoms with Gasteiger partial charge in [-0.05, 0) is 31.8 Å². The van der Waals surface area contributed by atoms with Crippen LogP contribution in [0.4, 0.5) is 0 Å². The third kappa shape index (κ3) is 2.95. The Kier molecular flexibility index (Phi) is 3.74. The normalized spacial score (nSPS) is 21.9. The van der Waals surface area contributed by atoms with E-state index in [9.17, 15) is 9.90 Å². The molecule has 1 fully saturated rings. The van der Waals surface area contributed by atoms with Crippen molar-refractivity contribution in [3.63, 3.8) is 0 Å². The first-order valence-electron chi connectivity index (χ1n) is 5.70. The monoisotopic (exact) mass is 234 g/mol. The van der Waals surface area contributed by atoms with Gasteiger partial charge in [0.2, 0.25) is 5.91 Å². The molecule has 0 aromatic heterocycles. The number of hydrogen-bond acceptors (Lipinski definition) is 3. The minimum Gasteiger partial charge on any atom is -0.384 e. The molecule has 0 saturated heterocycles. The average Bonchev–Trinajstić information content (AvgIpc) is 3.04. The zero-order valence-electron chi connectivity index (χ0n) is 10.2. The Labute approximate surface area is 101 Å². The van der Waals surface area contributed by atoms with Gasteiger partial charge >= 0.3 is 0 Å². The number of carbonyl (C=O) groups excluding carboxylic acids is 1. The van der Waals surface area contributed by atoms with Crippen molar-refractivity contribution >= 4 is 5.91 Å². The minimum absolute atomic E-state index is 0.507. The molecule has 0 spiro atoms. The van der Waals surface area contributed by atoms with Crippen LogP contribution in [-0.2, 0) is 4.79 Å². The first kappa shape index (κ1) is 13.5. The first-order chi connectivity index (χ1) is 7.87. The van der Waals surface area contributed by atoms with Gasteiger partial charge < -0.3 is 10.8 Å². The van der Waals surface area contributed by atoms with Crippen molar-refractivity contribution in [1.82, 2.24) is 0 Å². The van der Waals surface area contributed by atoms with Gasteiger partial charge in [0.1, 0.15) is 0 Å². The van der Waals surface area contributed by atoms with Gasteiger partial charge in [0.15, 0.2) is 0 Å². The summed E-state index contributed by atoms with van der Waals surface area (Å²) in [5.74, 6) is -0.507. The van der Waals surface area contributed by atoms with Gasteiger partial charge in [0.05, 0.1) is 17.1 Å². The van der Waals surface area contributed by atoms with Gasteiger partial charge in [-0.25, -0.2) is 0 Å². The Hall–Kier alpha value is -1.60. The molecule has 92 valence electrons. The standard InChI is InChI=1S/C13H18N2O2/c1-3-10(8-11(15)16)4-5-12(2,17)13(9-14)6-7-13/h4-5,8,17H,3,6-7H2,1-2H3,(H2,15,16)/b5-4+,10-8+/t12-/m1/s1. The van der Waals surface area contributed by atoms with Gasteiger partial charge in [-0.15, -0.1) is 0 Å². The second-order valence-electron chi connectivity index (χ2n) is 4.65. The molecule has 0 radical (unpaired) electrons. The second-order valence-corrected chi connectivity index (χ2v) is 4.65. The summed E-state index contributed by atoms with van der Waals surface area (Å²) < 4.78 is 0. The summed E-state index contributed by atoms with van der Waals surface area (Å²) in [6.07, 6.45) is 6.65. The highest BCUT2D eigenvalue weighted by atomic mass is 16.3. The number of primary amides is 1. The van der Waals surface area contributed by atoms with Crippen LogP contribution < -0.4 is 5.73 Å². The van der Waals surface area contributed by atoms with Crippen LogP contribution in [-0.4, -0.2) is 16.6 Å². The van der Waals surface area contributed by atoms with E-state index in [0.29, 0.717) is 19.3 Å². The molecule has 17 heavy (non-hydrogen) atoms. The van der Waals surface area contributed by atoms with Crippen molar-refractivity contribution in [2.45, 2.75) is 38.7 Å². The highest BCUT2D eigenvalue weighted by Crippen LogP contribution is 2.54. The van der Waals surface area contributed by atoms with E-state index in [-0.39, 0.29) is 0 Å². The number of rotatable bonds is 5. The van der Waals surface area contributed by atoms with Crippen LogP contribution in [0, 0.1) is 16.7 Å². The van der Waals surface area contributed by atoms with Crippen LogP contribution in [0.1, 0.15) is 33.1 Å². The van der Waals surface area contributed by atoms with Gasteiger partial charge in [-0.2, -0.15) is 5.26 Å². The van der Waals surface area contributed by atoms with Crippen molar-refractivity contribution in [2.24, 2.45) is 11.1 Å². The molecule has 4 nitrogen and oxygen atoms in total. The number of hydrogen-bond donors (Lipinski definition) is 2. The highest BCUT2D eigenvalue weighted by Gasteiger charge is 2.55. The summed E-state index contributed by atoms with van der Waals surface area (Å²) in [6.45, 7) is 3.52. The van der Waals surface area contributed by atoms with E-state index in [2.05, 4.69) is 6.07 Å². The molecule has 1 aliphatic rings. The quantitative estimate of drug-likeness (QED) is 0.557. The minimum atomic E-state index is -1.16. The van der Waals surface area contributed by atoms with E-state index in [1.807, 2.05) is 6.92 Å². The number of carbonyl (C=O) groups is 1. The van der Waals surface area contributed by atoms with E-state index in [1.165, 1.54) is 6.08 Å². The largest absolute Gasteiger partial charge is 0.384 e. The Balaban J connectivity index is 2.83. The predicted octanol–water partition coefficient (Wildman–Crippen LogP) is 1.42. The summed E-state index contributed by atoms with van der Waals surface area (Å²) in [6, 6.07) is 2.16. The zero-order chi connectivity index (χ0) is 13.1. The van der Waals surface area contributed by atoms with Crippen LogP contribution in [0.3, 0.4) is 0 Å². The SMILES string of the molecule is CCC(/C=C/[C@@](C)(O)C1(C#N)CC1)=C\C(N)=O. The fourth-order valence-corrected chi connectivity index (χ4v) is 1.74. The van der Waals surface area contributed by atoms with Crippen LogP contribution in [0.15, 0.2) is 23.8 Å². The zero-order valence-corrected chi connectivity index (χ0v) is 10.2. The number of allylic oxidation sites excluding steroid dienone is 2. The van der Waals surface area contributed by atoms with E-state index in [0.717, 1.165) is 5.57 Å². The lowest BCUT2D eigenvalue weighted by atomic mass is 9.86. The highest BCUT2D eigenvalue weighted by molar-refractivity contribution is 5.87. The molecule has 1 rings (SSSR count). The maximum Gasteiger partial charge on any atom is 0.241 e. The van der Waals surface area contributed by atoms with E-state index >= 15 is 0 Å². The number of amides is 1. The maximum absolute atomic E-state index is 10.8. The van der Waals surface area contributed by atoms with Crippen molar-refractivity contribution in [3.8, 4) is 6.07 Å². The Bertz CT molecular complexity index is 410. The topological polar surface area (TPSA) is 87.1 Å². The Morgan fingerprint density at radius 3 is 2.59 bits per heavy atom. The Morgan fingerprint density at radius 2 is 2.24 bits per heavy atom. The van der Waals surface area contributed by atoms with Gasteiger partial charge in [-0.3, -0.25) is 4.79 Å². The second kappa shape index (κ2) is 4.72. The van der Waals surface area contributed by atoms with Crippen molar-refractivity contribution in [2.75, 3.05) is 0 Å². The summed E-state index contributed by atoms with van der Waals surface area (Å²) >= 11 is 0. The molecule has 0 aromatic rings. The number of nitriles is 1. The molecule has 0 aliphatic heterocycles. The smallest absolute Gasteiger partial charge is 0.241 e. The summed E-state index contributed by atoms with van der Waals surface area (Å²) in [4.78, 5) is 10.8. The molecule has 0 heterocycles. The molecule has 0 bridgehead atoms. The van der Waals surface area contributed by atoms with Gasteiger partial charge in [0, 0.05) is 6.08 Å². The summed E-state index contributed by atoms with van der Waals surface area (Å²) in [5, 5.41) is 19.3. The van der Waals surface area contributed by atoms with Crippen LogP contribution >= 0.6 is 0 Å². The molecule has 1 atom stereocenters. The van der Waals surface area contributed by atoms with Crippen LogP contribution in [0.25, 0.3) is 0 Å². The Morgan fingerprint density at radius 1 is 1.65 bits per heavy atom. The molecule has 1 amide bonds. The first-order valence-corrected chi connectivity index (χ1v) is 5.70. The lowest BCUT2D eigenvalue weighted by Crippen LogP contribution is -2.32. The summed E-state index contributed by atoms with van der Waals surface area (Å²) in [7, 11) is 0. The number of nitrogens with zero attached hydrogens (tertiary/aromatic N) is 1. The molecular weight excluding hydrogens is 216 g/mol. The van der Waals surface area contributed by atoms with E-state index in [4.69, 9.17) is 11.0 Å². The van der Waals surface area contributed by atoms with Crippen LogP contribution in [0.2, 0.25) is 0 Å². The number of nitrogens with two attached hydrogens (primary N) is 1. The molecule has 1 aliphatic carbocycles. The summed E-state index contributed by atoms with van der Waals surface area (Å²) in [5.41, 5.74) is 3.99. The fraction of sp³-hybridized carbons (Fsp3) is 0.538. The molecule has 0 aromatic carbocycles. The third-order valence-electron chi connectivity index (χ3n) is 3.29. The van der Waals surface area contributed by atoms with Crippen molar-refractivity contribution < 1.29 is 9.90 Å². The van der Waals surface area contributed by atoms with Crippen molar-refractivity contribution in [3.05, 3.63) is 23.8 Å². The third-order valence-corrected chi connectivity index (χ3v) is 3.29. The lowest BCUT2D eigenvalue weighted by Gasteiger charge is -2.24. The molecule has 4 heteroatoms. The maximum atomic E-state index is 10.8. The average molecular weight is 234 g/mol. The van der Waals surface area contributed by atoms with Crippen molar-refractivity contribution in [1.29, 1.82) is 5.26 Å². The van der Waals surface area contributed by atoms with Crippen LogP contribution in [0.5, 0.6) is 0 Å². The van der Waals surface area contributed by atoms with E-state index in [1.54, 1.807) is 19.1 Å². The lowest BCUT2D eigenvalue weighted by molar-refractivity contribution is -0.113. The molecule has 0 unspecified atom stereocenters. The van der Waals surface area contributed by atoms with E-state index < -0.39 is 16.9 Å². The molecule has 1 saturated carbocycles. The predicted molar refractivity (Wildman–Crippen MR) is 64.6 cm³/mol.